The minimum atomic E-state index is -3.70. The highest BCUT2D eigenvalue weighted by molar-refractivity contribution is 7.89. The molecule has 0 aliphatic heterocycles. The van der Waals surface area contributed by atoms with Crippen molar-refractivity contribution in [1.82, 2.24) is 8.87 Å². The molecule has 7 nitrogen and oxygen atoms in total. The molecule has 0 aliphatic carbocycles. The lowest BCUT2D eigenvalue weighted by Gasteiger charge is -2.19. The van der Waals surface area contributed by atoms with Crippen LogP contribution in [0, 0.1) is 6.92 Å². The smallest absolute Gasteiger partial charge is 0.251 e. The van der Waals surface area contributed by atoms with E-state index in [0.29, 0.717) is 18.8 Å². The molecule has 26 heavy (non-hydrogen) atoms. The Hall–Kier alpha value is -2.45. The monoisotopic (exact) mass is 377 g/mol. The van der Waals surface area contributed by atoms with Crippen LogP contribution in [0.3, 0.4) is 0 Å². The SMILES string of the molecule is CCN(CC)S(=O)(=O)c1ccc(=O)n(CC(=O)Nc2ccc(C)cc2)c1. The summed E-state index contributed by atoms with van der Waals surface area (Å²) in [5.41, 5.74) is 1.23. The van der Waals surface area contributed by atoms with Gasteiger partial charge in [-0.15, -0.1) is 0 Å². The van der Waals surface area contributed by atoms with Crippen LogP contribution in [-0.4, -0.2) is 36.3 Å². The van der Waals surface area contributed by atoms with Crippen LogP contribution >= 0.6 is 0 Å². The molecule has 1 amide bonds. The third kappa shape index (κ3) is 4.59. The van der Waals surface area contributed by atoms with Crippen LogP contribution in [0.4, 0.5) is 5.69 Å². The second-order valence-electron chi connectivity index (χ2n) is 5.83. The molecule has 0 saturated carbocycles. The average Bonchev–Trinajstić information content (AvgIpc) is 2.59. The molecule has 2 rings (SSSR count). The Morgan fingerprint density at radius 2 is 1.69 bits per heavy atom. The van der Waals surface area contributed by atoms with Gasteiger partial charge in [0, 0.05) is 31.0 Å². The van der Waals surface area contributed by atoms with Crippen LogP contribution < -0.4 is 10.9 Å². The van der Waals surface area contributed by atoms with Crippen molar-refractivity contribution < 1.29 is 13.2 Å². The molecule has 0 spiro atoms. The number of nitrogens with zero attached hydrogens (tertiary/aromatic N) is 2. The summed E-state index contributed by atoms with van der Waals surface area (Å²) in [6.45, 7) is 5.80. The topological polar surface area (TPSA) is 88.5 Å². The molecule has 1 aromatic heterocycles. The lowest BCUT2D eigenvalue weighted by molar-refractivity contribution is -0.116. The van der Waals surface area contributed by atoms with Crippen LogP contribution in [0.1, 0.15) is 19.4 Å². The Morgan fingerprint density at radius 1 is 1.08 bits per heavy atom. The Kier molecular flexibility index (Phi) is 6.33. The highest BCUT2D eigenvalue weighted by atomic mass is 32.2. The van der Waals surface area contributed by atoms with Gasteiger partial charge in [0.2, 0.25) is 15.9 Å². The maximum atomic E-state index is 12.6. The van der Waals surface area contributed by atoms with E-state index in [-0.39, 0.29) is 11.4 Å². The normalized spacial score (nSPS) is 11.5. The minimum absolute atomic E-state index is 0.0102. The molecule has 140 valence electrons. The second-order valence-corrected chi connectivity index (χ2v) is 7.77. The van der Waals surface area contributed by atoms with E-state index >= 15 is 0 Å². The fourth-order valence-electron chi connectivity index (χ4n) is 2.49. The summed E-state index contributed by atoms with van der Waals surface area (Å²) in [5, 5.41) is 2.69. The van der Waals surface area contributed by atoms with Gasteiger partial charge in [-0.25, -0.2) is 8.42 Å². The van der Waals surface area contributed by atoms with Gasteiger partial charge in [0.1, 0.15) is 6.54 Å². The first-order chi connectivity index (χ1) is 12.3. The van der Waals surface area contributed by atoms with Crippen LogP contribution in [0.5, 0.6) is 0 Å². The van der Waals surface area contributed by atoms with Gasteiger partial charge >= 0.3 is 0 Å². The number of pyridine rings is 1. The number of rotatable bonds is 7. The number of carbonyl (C=O) groups is 1. The maximum Gasteiger partial charge on any atom is 0.251 e. The summed E-state index contributed by atoms with van der Waals surface area (Å²) in [5.74, 6) is -0.409. The number of nitrogens with one attached hydrogen (secondary N) is 1. The molecule has 1 heterocycles. The van der Waals surface area contributed by atoms with Crippen LogP contribution in [0.15, 0.2) is 52.3 Å². The third-order valence-corrected chi connectivity index (χ3v) is 5.98. The van der Waals surface area contributed by atoms with Gasteiger partial charge in [-0.05, 0) is 25.1 Å². The summed E-state index contributed by atoms with van der Waals surface area (Å²) in [7, 11) is -3.70. The predicted octanol–water partition coefficient (Wildman–Crippen LogP) is 1.83. The van der Waals surface area contributed by atoms with Gasteiger partial charge in [0.25, 0.3) is 5.56 Å². The van der Waals surface area contributed by atoms with Crippen molar-refractivity contribution in [2.75, 3.05) is 18.4 Å². The lowest BCUT2D eigenvalue weighted by Crippen LogP contribution is -2.33. The van der Waals surface area contributed by atoms with E-state index in [4.69, 9.17) is 0 Å². The van der Waals surface area contributed by atoms with E-state index in [1.165, 1.54) is 16.6 Å². The van der Waals surface area contributed by atoms with E-state index in [1.807, 2.05) is 19.1 Å². The standard InChI is InChI=1S/C18H23N3O4S/c1-4-21(5-2)26(24,25)16-10-11-18(23)20(12-16)13-17(22)19-15-8-6-14(3)7-9-15/h6-12H,4-5,13H2,1-3H3,(H,19,22). The first-order valence-corrected chi connectivity index (χ1v) is 9.79. The zero-order chi connectivity index (χ0) is 19.3. The third-order valence-electron chi connectivity index (χ3n) is 3.95. The minimum Gasteiger partial charge on any atom is -0.325 e. The first kappa shape index (κ1) is 19.9. The second kappa shape index (κ2) is 8.29. The van der Waals surface area contributed by atoms with Crippen molar-refractivity contribution >= 4 is 21.6 Å². The summed E-state index contributed by atoms with van der Waals surface area (Å²) in [4.78, 5) is 24.2. The molecule has 0 bridgehead atoms. The number of hydrogen-bond donors (Lipinski definition) is 1. The van der Waals surface area contributed by atoms with Crippen molar-refractivity contribution in [3.8, 4) is 0 Å². The molecule has 0 radical (unpaired) electrons. The fraction of sp³-hybridized carbons (Fsp3) is 0.333. The van der Waals surface area contributed by atoms with Crippen LogP contribution in [-0.2, 0) is 21.4 Å². The quantitative estimate of drug-likeness (QED) is 0.797. The van der Waals surface area contributed by atoms with Crippen molar-refractivity contribution in [2.24, 2.45) is 0 Å². The molecule has 0 saturated heterocycles. The van der Waals surface area contributed by atoms with Gasteiger partial charge in [-0.2, -0.15) is 4.31 Å². The van der Waals surface area contributed by atoms with Gasteiger partial charge in [0.05, 0.1) is 4.90 Å². The van der Waals surface area contributed by atoms with Crippen molar-refractivity contribution in [1.29, 1.82) is 0 Å². The van der Waals surface area contributed by atoms with Gasteiger partial charge in [-0.1, -0.05) is 31.5 Å². The van der Waals surface area contributed by atoms with Crippen LogP contribution in [0.2, 0.25) is 0 Å². The molecule has 2 aromatic rings. The van der Waals surface area contributed by atoms with Crippen LogP contribution in [0.25, 0.3) is 0 Å². The molecule has 0 aliphatic rings. The fourth-order valence-corrected chi connectivity index (χ4v) is 3.97. The highest BCUT2D eigenvalue weighted by Gasteiger charge is 2.22. The summed E-state index contributed by atoms with van der Waals surface area (Å²) in [6, 6.07) is 9.67. The number of aromatic nitrogens is 1. The zero-order valence-electron chi connectivity index (χ0n) is 15.1. The highest BCUT2D eigenvalue weighted by Crippen LogP contribution is 2.14. The molecule has 8 heteroatoms. The Labute approximate surface area is 153 Å². The van der Waals surface area contributed by atoms with Crippen molar-refractivity contribution in [2.45, 2.75) is 32.2 Å². The summed E-state index contributed by atoms with van der Waals surface area (Å²) < 4.78 is 27.5. The van der Waals surface area contributed by atoms with Gasteiger partial charge < -0.3 is 9.88 Å². The number of aryl methyl sites for hydroxylation is 1. The Bertz CT molecular complexity index is 930. The summed E-state index contributed by atoms with van der Waals surface area (Å²) >= 11 is 0. The van der Waals surface area contributed by atoms with E-state index in [1.54, 1.807) is 26.0 Å². The number of carbonyl (C=O) groups excluding carboxylic acids is 1. The number of sulfonamides is 1. The first-order valence-electron chi connectivity index (χ1n) is 8.35. The Balaban J connectivity index is 2.23. The lowest BCUT2D eigenvalue weighted by atomic mass is 10.2. The number of hydrogen-bond acceptors (Lipinski definition) is 4. The summed E-state index contributed by atoms with van der Waals surface area (Å²) in [6.07, 6.45) is 1.21. The van der Waals surface area contributed by atoms with Gasteiger partial charge in [-0.3, -0.25) is 9.59 Å². The number of amides is 1. The van der Waals surface area contributed by atoms with E-state index in [0.717, 1.165) is 16.2 Å². The van der Waals surface area contributed by atoms with Gasteiger partial charge in [0.15, 0.2) is 0 Å². The molecular formula is C18H23N3O4S. The van der Waals surface area contributed by atoms with E-state index < -0.39 is 21.5 Å². The molecule has 1 aromatic carbocycles. The average molecular weight is 377 g/mol. The largest absolute Gasteiger partial charge is 0.325 e. The van der Waals surface area contributed by atoms with E-state index in [2.05, 4.69) is 5.32 Å². The van der Waals surface area contributed by atoms with E-state index in [9.17, 15) is 18.0 Å². The Morgan fingerprint density at radius 3 is 2.27 bits per heavy atom. The van der Waals surface area contributed by atoms with Crippen molar-refractivity contribution in [3.05, 3.63) is 58.5 Å². The molecular weight excluding hydrogens is 354 g/mol. The molecule has 0 atom stereocenters. The molecule has 1 N–H and O–H groups in total. The number of anilines is 1. The number of benzene rings is 1. The molecule has 0 unspecified atom stereocenters. The maximum absolute atomic E-state index is 12.6. The zero-order valence-corrected chi connectivity index (χ0v) is 15.9. The predicted molar refractivity (Wildman–Crippen MR) is 101 cm³/mol. The van der Waals surface area contributed by atoms with Crippen molar-refractivity contribution in [3.63, 3.8) is 0 Å². The molecule has 0 fully saturated rings.